The summed E-state index contributed by atoms with van der Waals surface area (Å²) in [7, 11) is 1.90. The van der Waals surface area contributed by atoms with Crippen LogP contribution in [0, 0.1) is 11.3 Å². The fraction of sp³-hybridized carbons (Fsp3) is 0.588. The molecule has 1 aromatic carbocycles. The highest BCUT2D eigenvalue weighted by Crippen LogP contribution is 2.33. The van der Waals surface area contributed by atoms with Crippen LogP contribution in [0.4, 0.5) is 0 Å². The van der Waals surface area contributed by atoms with E-state index in [0.29, 0.717) is 12.5 Å². The van der Waals surface area contributed by atoms with Crippen LogP contribution >= 0.6 is 15.9 Å². The van der Waals surface area contributed by atoms with Gasteiger partial charge in [-0.1, -0.05) is 41.9 Å². The van der Waals surface area contributed by atoms with E-state index in [0.717, 1.165) is 36.0 Å². The SMILES string of the molecule is CN(Cc1cccc(Br)c1)C(=O)C(C)(C)C1CCCNC1. The molecule has 4 heteroatoms. The normalized spacial score (nSPS) is 19.3. The summed E-state index contributed by atoms with van der Waals surface area (Å²) < 4.78 is 1.05. The summed E-state index contributed by atoms with van der Waals surface area (Å²) in [5, 5.41) is 3.41. The molecule has 21 heavy (non-hydrogen) atoms. The van der Waals surface area contributed by atoms with E-state index in [1.165, 1.54) is 0 Å². The molecule has 1 N–H and O–H groups in total. The Hall–Kier alpha value is -0.870. The first-order chi connectivity index (χ1) is 9.91. The number of nitrogens with zero attached hydrogens (tertiary/aromatic N) is 1. The molecular weight excluding hydrogens is 328 g/mol. The van der Waals surface area contributed by atoms with Gasteiger partial charge in [0.05, 0.1) is 0 Å². The Morgan fingerprint density at radius 2 is 2.24 bits per heavy atom. The van der Waals surface area contributed by atoms with Crippen molar-refractivity contribution in [2.24, 2.45) is 11.3 Å². The second-order valence-corrected chi connectivity index (χ2v) is 7.47. The molecule has 3 nitrogen and oxygen atoms in total. The summed E-state index contributed by atoms with van der Waals surface area (Å²) in [5.74, 6) is 0.653. The van der Waals surface area contributed by atoms with Gasteiger partial charge in [0.25, 0.3) is 0 Å². The van der Waals surface area contributed by atoms with Gasteiger partial charge in [-0.05, 0) is 49.5 Å². The van der Waals surface area contributed by atoms with E-state index in [2.05, 4.69) is 47.2 Å². The van der Waals surface area contributed by atoms with E-state index in [4.69, 9.17) is 0 Å². The molecule has 116 valence electrons. The third-order valence-corrected chi connectivity index (χ3v) is 5.02. The number of carbonyl (C=O) groups is 1. The van der Waals surface area contributed by atoms with E-state index in [1.807, 2.05) is 24.1 Å². The molecular formula is C17H25BrN2O. The molecule has 0 aliphatic carbocycles. The second-order valence-electron chi connectivity index (χ2n) is 6.56. The lowest BCUT2D eigenvalue weighted by Gasteiger charge is -2.38. The summed E-state index contributed by atoms with van der Waals surface area (Å²) >= 11 is 3.48. The minimum atomic E-state index is -0.311. The lowest BCUT2D eigenvalue weighted by atomic mass is 9.74. The lowest BCUT2D eigenvalue weighted by Crippen LogP contribution is -2.47. The highest BCUT2D eigenvalue weighted by atomic mass is 79.9. The van der Waals surface area contributed by atoms with E-state index >= 15 is 0 Å². The zero-order valence-electron chi connectivity index (χ0n) is 13.2. The average Bonchev–Trinajstić information content (AvgIpc) is 2.47. The maximum absolute atomic E-state index is 12.8. The largest absolute Gasteiger partial charge is 0.341 e. The van der Waals surface area contributed by atoms with Crippen LogP contribution in [-0.2, 0) is 11.3 Å². The van der Waals surface area contributed by atoms with Gasteiger partial charge in [0.1, 0.15) is 0 Å². The van der Waals surface area contributed by atoms with Crippen LogP contribution in [0.2, 0.25) is 0 Å². The highest BCUT2D eigenvalue weighted by Gasteiger charge is 2.38. The Bertz CT molecular complexity index is 495. The first-order valence-corrected chi connectivity index (χ1v) is 8.41. The van der Waals surface area contributed by atoms with Crippen LogP contribution in [0.15, 0.2) is 28.7 Å². The minimum absolute atomic E-state index is 0.233. The third kappa shape index (κ3) is 4.07. The summed E-state index contributed by atoms with van der Waals surface area (Å²) in [6.45, 7) is 6.86. The fourth-order valence-electron chi connectivity index (χ4n) is 3.12. The van der Waals surface area contributed by atoms with Gasteiger partial charge in [0, 0.05) is 23.5 Å². The standard InChI is InChI=1S/C17H25BrN2O/c1-17(2,14-7-5-9-19-11-14)16(21)20(3)12-13-6-4-8-15(18)10-13/h4,6,8,10,14,19H,5,7,9,11-12H2,1-3H3. The molecule has 1 aliphatic heterocycles. The quantitative estimate of drug-likeness (QED) is 0.900. The van der Waals surface area contributed by atoms with Crippen molar-refractivity contribution in [3.05, 3.63) is 34.3 Å². The van der Waals surface area contributed by atoms with Crippen molar-refractivity contribution >= 4 is 21.8 Å². The van der Waals surface area contributed by atoms with Crippen molar-refractivity contribution < 1.29 is 4.79 Å². The third-order valence-electron chi connectivity index (χ3n) is 4.52. The summed E-state index contributed by atoms with van der Waals surface area (Å²) in [6, 6.07) is 8.14. The van der Waals surface area contributed by atoms with Crippen LogP contribution < -0.4 is 5.32 Å². The maximum Gasteiger partial charge on any atom is 0.228 e. The molecule has 1 atom stereocenters. The molecule has 0 saturated carbocycles. The number of carbonyl (C=O) groups excluding carboxylic acids is 1. The topological polar surface area (TPSA) is 32.3 Å². The molecule has 1 unspecified atom stereocenters. The zero-order chi connectivity index (χ0) is 15.5. The zero-order valence-corrected chi connectivity index (χ0v) is 14.7. The van der Waals surface area contributed by atoms with Crippen molar-refractivity contribution in [2.45, 2.75) is 33.2 Å². The number of nitrogens with one attached hydrogen (secondary N) is 1. The Balaban J connectivity index is 2.03. The van der Waals surface area contributed by atoms with Crippen molar-refractivity contribution in [3.8, 4) is 0 Å². The Labute approximate surface area is 136 Å². The maximum atomic E-state index is 12.8. The number of benzene rings is 1. The van der Waals surface area contributed by atoms with Crippen LogP contribution in [-0.4, -0.2) is 30.9 Å². The molecule has 1 aromatic rings. The van der Waals surface area contributed by atoms with Crippen LogP contribution in [0.25, 0.3) is 0 Å². The van der Waals surface area contributed by atoms with Gasteiger partial charge in [-0.25, -0.2) is 0 Å². The number of hydrogen-bond acceptors (Lipinski definition) is 2. The lowest BCUT2D eigenvalue weighted by molar-refractivity contribution is -0.143. The van der Waals surface area contributed by atoms with Crippen molar-refractivity contribution in [2.75, 3.05) is 20.1 Å². The van der Waals surface area contributed by atoms with Gasteiger partial charge in [-0.2, -0.15) is 0 Å². The summed E-state index contributed by atoms with van der Waals surface area (Å²) in [4.78, 5) is 14.7. The van der Waals surface area contributed by atoms with Gasteiger partial charge in [0.2, 0.25) is 5.91 Å². The van der Waals surface area contributed by atoms with Gasteiger partial charge in [-0.3, -0.25) is 4.79 Å². The van der Waals surface area contributed by atoms with Gasteiger partial charge in [0.15, 0.2) is 0 Å². The number of amides is 1. The first-order valence-electron chi connectivity index (χ1n) is 7.62. The molecule has 0 bridgehead atoms. The monoisotopic (exact) mass is 352 g/mol. The van der Waals surface area contributed by atoms with Crippen molar-refractivity contribution in [1.82, 2.24) is 10.2 Å². The Kier molecular flexibility index (Phi) is 5.44. The predicted molar refractivity (Wildman–Crippen MR) is 90.0 cm³/mol. The number of piperidine rings is 1. The van der Waals surface area contributed by atoms with E-state index in [9.17, 15) is 4.79 Å². The van der Waals surface area contributed by atoms with E-state index < -0.39 is 0 Å². The van der Waals surface area contributed by atoms with Crippen molar-refractivity contribution in [3.63, 3.8) is 0 Å². The Morgan fingerprint density at radius 3 is 2.86 bits per heavy atom. The number of hydrogen-bond donors (Lipinski definition) is 1. The van der Waals surface area contributed by atoms with E-state index in [-0.39, 0.29) is 11.3 Å². The predicted octanol–water partition coefficient (Wildman–Crippen LogP) is 3.43. The molecule has 1 saturated heterocycles. The summed E-state index contributed by atoms with van der Waals surface area (Å²) in [6.07, 6.45) is 2.30. The number of rotatable bonds is 4. The molecule has 0 aromatic heterocycles. The highest BCUT2D eigenvalue weighted by molar-refractivity contribution is 9.10. The average molecular weight is 353 g/mol. The fourth-order valence-corrected chi connectivity index (χ4v) is 3.56. The van der Waals surface area contributed by atoms with E-state index in [1.54, 1.807) is 0 Å². The first kappa shape index (κ1) is 16.5. The van der Waals surface area contributed by atoms with Crippen LogP contribution in [0.1, 0.15) is 32.3 Å². The van der Waals surface area contributed by atoms with Gasteiger partial charge >= 0.3 is 0 Å². The molecule has 0 spiro atoms. The minimum Gasteiger partial charge on any atom is -0.341 e. The molecule has 1 amide bonds. The number of halogens is 1. The summed E-state index contributed by atoms with van der Waals surface area (Å²) in [5.41, 5.74) is 0.839. The van der Waals surface area contributed by atoms with Crippen LogP contribution in [0.3, 0.4) is 0 Å². The Morgan fingerprint density at radius 1 is 1.48 bits per heavy atom. The van der Waals surface area contributed by atoms with Gasteiger partial charge < -0.3 is 10.2 Å². The molecule has 1 heterocycles. The van der Waals surface area contributed by atoms with Crippen molar-refractivity contribution in [1.29, 1.82) is 0 Å². The second kappa shape index (κ2) is 6.93. The molecule has 2 rings (SSSR count). The molecule has 0 radical (unpaired) electrons. The van der Waals surface area contributed by atoms with Crippen LogP contribution in [0.5, 0.6) is 0 Å². The smallest absolute Gasteiger partial charge is 0.228 e. The molecule has 1 aliphatic rings. The molecule has 1 fully saturated rings. The van der Waals surface area contributed by atoms with Gasteiger partial charge in [-0.15, -0.1) is 0 Å².